The highest BCUT2D eigenvalue weighted by Crippen LogP contribution is 2.36. The van der Waals surface area contributed by atoms with Crippen molar-refractivity contribution in [3.63, 3.8) is 0 Å². The minimum atomic E-state index is -1.45. The summed E-state index contributed by atoms with van der Waals surface area (Å²) < 4.78 is 11.7. The van der Waals surface area contributed by atoms with Gasteiger partial charge in [0.2, 0.25) is 8.32 Å². The molecule has 2 aliphatic heterocycles. The maximum atomic E-state index is 5.88. The fourth-order valence-electron chi connectivity index (χ4n) is 2.80. The van der Waals surface area contributed by atoms with Crippen molar-refractivity contribution in [1.82, 2.24) is 0 Å². The zero-order chi connectivity index (χ0) is 9.15. The van der Waals surface area contributed by atoms with Crippen LogP contribution in [-0.4, -0.2) is 27.8 Å². The van der Waals surface area contributed by atoms with Crippen LogP contribution in [0.15, 0.2) is 0 Å². The lowest BCUT2D eigenvalue weighted by Gasteiger charge is -2.37. The third kappa shape index (κ3) is 1.83. The van der Waals surface area contributed by atoms with Crippen molar-refractivity contribution in [2.75, 3.05) is 13.7 Å². The van der Waals surface area contributed by atoms with Crippen molar-refractivity contribution in [2.24, 2.45) is 0 Å². The van der Waals surface area contributed by atoms with Gasteiger partial charge >= 0.3 is 0 Å². The molecule has 0 aliphatic carbocycles. The molecular weight excluding hydrogens is 180 g/mol. The Morgan fingerprint density at radius 1 is 1.15 bits per heavy atom. The Morgan fingerprint density at radius 2 is 1.92 bits per heavy atom. The first-order valence-corrected chi connectivity index (χ1v) is 7.94. The SMILES string of the molecule is CO[Si]1(C2CCCO2)CCCCC1. The summed E-state index contributed by atoms with van der Waals surface area (Å²) in [6.45, 7) is 0.975. The van der Waals surface area contributed by atoms with Crippen LogP contribution in [0.3, 0.4) is 0 Å². The van der Waals surface area contributed by atoms with E-state index in [0.717, 1.165) is 6.61 Å². The molecule has 3 heteroatoms. The maximum absolute atomic E-state index is 5.88. The number of hydrogen-bond donors (Lipinski definition) is 0. The molecule has 0 saturated carbocycles. The molecule has 0 spiro atoms. The first-order valence-electron chi connectivity index (χ1n) is 5.54. The Kier molecular flexibility index (Phi) is 3.06. The third-order valence-corrected chi connectivity index (χ3v) is 8.46. The second-order valence-electron chi connectivity index (χ2n) is 4.33. The van der Waals surface area contributed by atoms with E-state index < -0.39 is 8.32 Å². The van der Waals surface area contributed by atoms with Crippen LogP contribution in [0.25, 0.3) is 0 Å². The molecule has 0 amide bonds. The first kappa shape index (κ1) is 9.68. The Hall–Kier alpha value is 0.137. The zero-order valence-corrected chi connectivity index (χ0v) is 9.55. The van der Waals surface area contributed by atoms with Crippen LogP contribution >= 0.6 is 0 Å². The lowest BCUT2D eigenvalue weighted by atomic mass is 10.3. The summed E-state index contributed by atoms with van der Waals surface area (Å²) in [7, 11) is 0.470. The van der Waals surface area contributed by atoms with E-state index in [4.69, 9.17) is 9.16 Å². The molecule has 0 aromatic rings. The van der Waals surface area contributed by atoms with E-state index in [9.17, 15) is 0 Å². The number of rotatable bonds is 2. The smallest absolute Gasteiger partial charge is 0.220 e. The standard InChI is InChI=1S/C10H20O2Si/c1-11-13(8-3-2-4-9-13)10-6-5-7-12-10/h10H,2-9H2,1H3. The minimum Gasteiger partial charge on any atom is -0.417 e. The van der Waals surface area contributed by atoms with E-state index in [-0.39, 0.29) is 0 Å². The molecular formula is C10H20O2Si. The van der Waals surface area contributed by atoms with Crippen molar-refractivity contribution in [1.29, 1.82) is 0 Å². The predicted octanol–water partition coefficient (Wildman–Crippen LogP) is 2.48. The van der Waals surface area contributed by atoms with Crippen molar-refractivity contribution >= 4 is 8.32 Å². The van der Waals surface area contributed by atoms with Crippen LogP contribution in [0.4, 0.5) is 0 Å². The molecule has 2 rings (SSSR count). The molecule has 2 heterocycles. The van der Waals surface area contributed by atoms with Gasteiger partial charge in [0, 0.05) is 13.7 Å². The maximum Gasteiger partial charge on any atom is 0.220 e. The van der Waals surface area contributed by atoms with Crippen molar-refractivity contribution in [2.45, 2.75) is 49.9 Å². The lowest BCUT2D eigenvalue weighted by molar-refractivity contribution is 0.137. The molecule has 13 heavy (non-hydrogen) atoms. The van der Waals surface area contributed by atoms with Crippen LogP contribution in [0.1, 0.15) is 32.1 Å². The van der Waals surface area contributed by atoms with E-state index in [1.54, 1.807) is 0 Å². The highest BCUT2D eigenvalue weighted by Gasteiger charge is 2.45. The molecule has 2 saturated heterocycles. The van der Waals surface area contributed by atoms with E-state index in [0.29, 0.717) is 5.73 Å². The van der Waals surface area contributed by atoms with Crippen LogP contribution in [-0.2, 0) is 9.16 Å². The van der Waals surface area contributed by atoms with Gasteiger partial charge in [0.15, 0.2) is 0 Å². The zero-order valence-electron chi connectivity index (χ0n) is 8.55. The molecule has 0 bridgehead atoms. The predicted molar refractivity (Wildman–Crippen MR) is 55.2 cm³/mol. The molecule has 1 atom stereocenters. The van der Waals surface area contributed by atoms with Gasteiger partial charge in [-0.05, 0) is 24.9 Å². The molecule has 1 unspecified atom stereocenters. The Balaban J connectivity index is 2.03. The van der Waals surface area contributed by atoms with Gasteiger partial charge in [-0.3, -0.25) is 0 Å². The van der Waals surface area contributed by atoms with Gasteiger partial charge in [0.05, 0.1) is 5.73 Å². The van der Waals surface area contributed by atoms with E-state index in [1.165, 1.54) is 44.2 Å². The van der Waals surface area contributed by atoms with E-state index in [1.807, 2.05) is 7.11 Å². The molecule has 76 valence electrons. The van der Waals surface area contributed by atoms with Gasteiger partial charge in [0.25, 0.3) is 0 Å². The second kappa shape index (κ2) is 4.11. The summed E-state index contributed by atoms with van der Waals surface area (Å²) in [5.74, 6) is 0. The van der Waals surface area contributed by atoms with Crippen LogP contribution < -0.4 is 0 Å². The monoisotopic (exact) mass is 200 g/mol. The van der Waals surface area contributed by atoms with E-state index >= 15 is 0 Å². The Bertz CT molecular complexity index is 160. The quantitative estimate of drug-likeness (QED) is 0.638. The van der Waals surface area contributed by atoms with Crippen molar-refractivity contribution in [3.8, 4) is 0 Å². The van der Waals surface area contributed by atoms with Crippen LogP contribution in [0, 0.1) is 0 Å². The summed E-state index contributed by atoms with van der Waals surface area (Å²) in [4.78, 5) is 0. The molecule has 2 aliphatic rings. The van der Waals surface area contributed by atoms with Gasteiger partial charge in [-0.15, -0.1) is 0 Å². The van der Waals surface area contributed by atoms with Crippen molar-refractivity contribution < 1.29 is 9.16 Å². The van der Waals surface area contributed by atoms with E-state index in [2.05, 4.69) is 0 Å². The van der Waals surface area contributed by atoms with Crippen LogP contribution in [0.5, 0.6) is 0 Å². The topological polar surface area (TPSA) is 18.5 Å². The summed E-state index contributed by atoms with van der Waals surface area (Å²) in [6, 6.07) is 2.68. The fraction of sp³-hybridized carbons (Fsp3) is 1.00. The number of hydrogen-bond acceptors (Lipinski definition) is 2. The molecule has 2 nitrogen and oxygen atoms in total. The average molecular weight is 200 g/mol. The van der Waals surface area contributed by atoms with Gasteiger partial charge in [-0.25, -0.2) is 0 Å². The Morgan fingerprint density at radius 3 is 2.46 bits per heavy atom. The van der Waals surface area contributed by atoms with Gasteiger partial charge in [0.1, 0.15) is 0 Å². The minimum absolute atomic E-state index is 0.526. The molecule has 0 aromatic carbocycles. The summed E-state index contributed by atoms with van der Waals surface area (Å²) in [5, 5.41) is 0. The van der Waals surface area contributed by atoms with Gasteiger partial charge < -0.3 is 9.16 Å². The first-order chi connectivity index (χ1) is 6.37. The Labute approximate surface area is 81.7 Å². The molecule has 0 radical (unpaired) electrons. The molecule has 2 fully saturated rings. The largest absolute Gasteiger partial charge is 0.417 e. The average Bonchev–Trinajstić information content (AvgIpc) is 2.72. The van der Waals surface area contributed by atoms with Gasteiger partial charge in [-0.1, -0.05) is 19.3 Å². The highest BCUT2D eigenvalue weighted by atomic mass is 28.4. The lowest BCUT2D eigenvalue weighted by Crippen LogP contribution is -2.50. The van der Waals surface area contributed by atoms with Gasteiger partial charge in [-0.2, -0.15) is 0 Å². The van der Waals surface area contributed by atoms with Crippen molar-refractivity contribution in [3.05, 3.63) is 0 Å². The molecule has 0 aromatic heterocycles. The second-order valence-corrected chi connectivity index (χ2v) is 8.51. The summed E-state index contributed by atoms with van der Waals surface area (Å²) in [6.07, 6.45) is 6.67. The highest BCUT2D eigenvalue weighted by molar-refractivity contribution is 6.75. The number of ether oxygens (including phenoxy) is 1. The molecule has 0 N–H and O–H groups in total. The van der Waals surface area contributed by atoms with Crippen LogP contribution in [0.2, 0.25) is 12.1 Å². The summed E-state index contributed by atoms with van der Waals surface area (Å²) in [5.41, 5.74) is 0.526. The summed E-state index contributed by atoms with van der Waals surface area (Å²) >= 11 is 0. The normalized spacial score (nSPS) is 33.5. The fourth-order valence-corrected chi connectivity index (χ4v) is 7.21. The third-order valence-electron chi connectivity index (χ3n) is 3.62.